The molecule has 0 saturated heterocycles. The van der Waals surface area contributed by atoms with Gasteiger partial charge in [-0.1, -0.05) is 18.5 Å². The van der Waals surface area contributed by atoms with Gasteiger partial charge in [-0.2, -0.15) is 0 Å². The molecule has 0 amide bonds. The highest BCUT2D eigenvalue weighted by molar-refractivity contribution is 6.29. The van der Waals surface area contributed by atoms with Gasteiger partial charge in [0.15, 0.2) is 0 Å². The normalized spacial score (nSPS) is 17.4. The Morgan fingerprint density at radius 1 is 1.69 bits per heavy atom. The van der Waals surface area contributed by atoms with Crippen molar-refractivity contribution in [3.63, 3.8) is 0 Å². The van der Waals surface area contributed by atoms with Crippen LogP contribution in [0.1, 0.15) is 31.5 Å². The highest BCUT2D eigenvalue weighted by atomic mass is 35.5. The first-order valence-corrected chi connectivity index (χ1v) is 5.87. The number of hydrogen-bond acceptors (Lipinski definition) is 3. The lowest BCUT2D eigenvalue weighted by Crippen LogP contribution is -2.27. The lowest BCUT2D eigenvalue weighted by atomic mass is 10.2. The third-order valence-corrected chi connectivity index (χ3v) is 2.95. The molecule has 0 radical (unpaired) electrons. The lowest BCUT2D eigenvalue weighted by Gasteiger charge is -2.14. The van der Waals surface area contributed by atoms with Gasteiger partial charge in [-0.25, -0.2) is 4.98 Å². The van der Waals surface area contributed by atoms with E-state index in [1.807, 2.05) is 6.92 Å². The molecule has 1 heterocycles. The smallest absolute Gasteiger partial charge is 0.255 e. The van der Waals surface area contributed by atoms with Crippen LogP contribution in [0.2, 0.25) is 5.15 Å². The first kappa shape index (κ1) is 11.6. The van der Waals surface area contributed by atoms with Crippen molar-refractivity contribution < 1.29 is 5.11 Å². The minimum atomic E-state index is -0.123. The van der Waals surface area contributed by atoms with Gasteiger partial charge in [0.05, 0.1) is 0 Å². The van der Waals surface area contributed by atoms with E-state index in [9.17, 15) is 4.79 Å². The van der Waals surface area contributed by atoms with Crippen LogP contribution in [0.5, 0.6) is 0 Å². The fraction of sp³-hybridized carbons (Fsp3) is 0.636. The van der Waals surface area contributed by atoms with E-state index in [4.69, 9.17) is 16.7 Å². The fourth-order valence-corrected chi connectivity index (χ4v) is 1.88. The molecule has 2 rings (SSSR count). The first-order valence-electron chi connectivity index (χ1n) is 5.50. The Morgan fingerprint density at radius 3 is 2.94 bits per heavy atom. The Kier molecular flexibility index (Phi) is 3.30. The zero-order valence-electron chi connectivity index (χ0n) is 9.19. The van der Waals surface area contributed by atoms with Crippen molar-refractivity contribution in [3.8, 4) is 0 Å². The average Bonchev–Trinajstić information content (AvgIpc) is 3.04. The molecule has 16 heavy (non-hydrogen) atoms. The molecule has 1 aliphatic carbocycles. The summed E-state index contributed by atoms with van der Waals surface area (Å²) in [6.45, 7) is 2.47. The summed E-state index contributed by atoms with van der Waals surface area (Å²) in [6.07, 6.45) is 2.14. The van der Waals surface area contributed by atoms with Crippen molar-refractivity contribution >= 4 is 11.6 Å². The second kappa shape index (κ2) is 4.55. The van der Waals surface area contributed by atoms with Gasteiger partial charge in [0.2, 0.25) is 0 Å². The van der Waals surface area contributed by atoms with Crippen LogP contribution in [0.4, 0.5) is 0 Å². The second-order valence-corrected chi connectivity index (χ2v) is 4.84. The van der Waals surface area contributed by atoms with Crippen LogP contribution >= 0.6 is 11.6 Å². The summed E-state index contributed by atoms with van der Waals surface area (Å²) in [5.41, 5.74) is -0.123. The minimum Gasteiger partial charge on any atom is -0.396 e. The molecule has 0 spiro atoms. The monoisotopic (exact) mass is 242 g/mol. The number of hydrogen-bond donors (Lipinski definition) is 1. The zero-order chi connectivity index (χ0) is 11.7. The number of rotatable bonds is 4. The molecular weight excluding hydrogens is 228 g/mol. The van der Waals surface area contributed by atoms with Gasteiger partial charge in [0.25, 0.3) is 5.56 Å². The first-order chi connectivity index (χ1) is 7.61. The van der Waals surface area contributed by atoms with Crippen LogP contribution in [0.3, 0.4) is 0 Å². The number of aromatic nitrogens is 2. The highest BCUT2D eigenvalue weighted by Crippen LogP contribution is 2.38. The summed E-state index contributed by atoms with van der Waals surface area (Å²) in [6, 6.07) is 1.33. The minimum absolute atomic E-state index is 0.0539. The molecule has 1 N–H and O–H groups in total. The van der Waals surface area contributed by atoms with Crippen molar-refractivity contribution in [3.05, 3.63) is 27.4 Å². The van der Waals surface area contributed by atoms with E-state index in [1.54, 1.807) is 4.57 Å². The summed E-state index contributed by atoms with van der Waals surface area (Å²) < 4.78 is 1.64. The average molecular weight is 243 g/mol. The Bertz CT molecular complexity index is 440. The Labute approximate surface area is 98.9 Å². The second-order valence-electron chi connectivity index (χ2n) is 4.45. The van der Waals surface area contributed by atoms with E-state index in [2.05, 4.69) is 4.98 Å². The van der Waals surface area contributed by atoms with Crippen LogP contribution in [-0.4, -0.2) is 21.3 Å². The third-order valence-electron chi connectivity index (χ3n) is 2.75. The van der Waals surface area contributed by atoms with Gasteiger partial charge in [0.1, 0.15) is 11.0 Å². The van der Waals surface area contributed by atoms with Gasteiger partial charge in [-0.15, -0.1) is 0 Å². The molecule has 5 heteroatoms. The standard InChI is InChI=1S/C11H15ClN2O2/c1-7(6-15)5-14-10(16)4-9(12)13-11(14)8-2-3-8/h4,7-8,15H,2-3,5-6H2,1H3. The van der Waals surface area contributed by atoms with Crippen molar-refractivity contribution in [2.75, 3.05) is 6.61 Å². The molecule has 0 aliphatic heterocycles. The van der Waals surface area contributed by atoms with Crippen LogP contribution in [0.25, 0.3) is 0 Å². The summed E-state index contributed by atoms with van der Waals surface area (Å²) >= 11 is 5.79. The van der Waals surface area contributed by atoms with Gasteiger partial charge in [-0.05, 0) is 18.8 Å². The molecule has 1 aromatic rings. The third kappa shape index (κ3) is 2.44. The summed E-state index contributed by atoms with van der Waals surface area (Å²) in [4.78, 5) is 16.0. The lowest BCUT2D eigenvalue weighted by molar-refractivity contribution is 0.220. The number of nitrogens with zero attached hydrogens (tertiary/aromatic N) is 2. The SMILES string of the molecule is CC(CO)Cn1c(C2CC2)nc(Cl)cc1=O. The van der Waals surface area contributed by atoms with Gasteiger partial charge in [-0.3, -0.25) is 9.36 Å². The Balaban J connectivity index is 2.37. The number of aliphatic hydroxyl groups excluding tert-OH is 1. The number of aliphatic hydroxyl groups is 1. The van der Waals surface area contributed by atoms with Gasteiger partial charge >= 0.3 is 0 Å². The molecule has 1 aromatic heterocycles. The number of halogens is 1. The van der Waals surface area contributed by atoms with Crippen LogP contribution in [0.15, 0.2) is 10.9 Å². The molecule has 1 aliphatic rings. The maximum atomic E-state index is 11.8. The van der Waals surface area contributed by atoms with E-state index in [-0.39, 0.29) is 23.2 Å². The zero-order valence-corrected chi connectivity index (χ0v) is 9.94. The van der Waals surface area contributed by atoms with E-state index in [0.29, 0.717) is 12.5 Å². The van der Waals surface area contributed by atoms with E-state index < -0.39 is 0 Å². The maximum absolute atomic E-state index is 11.8. The maximum Gasteiger partial charge on any atom is 0.255 e. The molecule has 0 aromatic carbocycles. The molecular formula is C11H15ClN2O2. The van der Waals surface area contributed by atoms with Crippen LogP contribution in [-0.2, 0) is 6.54 Å². The predicted molar refractivity (Wildman–Crippen MR) is 61.7 cm³/mol. The predicted octanol–water partition coefficient (Wildman–Crippen LogP) is 1.40. The summed E-state index contributed by atoms with van der Waals surface area (Å²) in [5, 5.41) is 9.29. The van der Waals surface area contributed by atoms with E-state index in [0.717, 1.165) is 18.7 Å². The van der Waals surface area contributed by atoms with E-state index >= 15 is 0 Å². The molecule has 88 valence electrons. The Hall–Kier alpha value is -0.870. The molecule has 1 atom stereocenters. The molecule has 0 bridgehead atoms. The summed E-state index contributed by atoms with van der Waals surface area (Å²) in [7, 11) is 0. The van der Waals surface area contributed by atoms with Crippen molar-refractivity contribution in [2.24, 2.45) is 5.92 Å². The highest BCUT2D eigenvalue weighted by Gasteiger charge is 2.29. The van der Waals surface area contributed by atoms with Crippen molar-refractivity contribution in [2.45, 2.75) is 32.2 Å². The topological polar surface area (TPSA) is 55.1 Å². The largest absolute Gasteiger partial charge is 0.396 e. The van der Waals surface area contributed by atoms with Crippen LogP contribution < -0.4 is 5.56 Å². The fourth-order valence-electron chi connectivity index (χ4n) is 1.70. The Morgan fingerprint density at radius 2 is 2.38 bits per heavy atom. The molecule has 1 unspecified atom stereocenters. The van der Waals surface area contributed by atoms with Gasteiger partial charge < -0.3 is 5.11 Å². The van der Waals surface area contributed by atoms with Gasteiger partial charge in [0, 0.05) is 25.1 Å². The van der Waals surface area contributed by atoms with Crippen molar-refractivity contribution in [1.29, 1.82) is 0 Å². The van der Waals surface area contributed by atoms with E-state index in [1.165, 1.54) is 6.07 Å². The molecule has 1 fully saturated rings. The molecule has 1 saturated carbocycles. The molecule has 4 nitrogen and oxygen atoms in total. The quantitative estimate of drug-likeness (QED) is 0.813. The summed E-state index contributed by atoms with van der Waals surface area (Å²) in [5.74, 6) is 1.20. The van der Waals surface area contributed by atoms with Crippen molar-refractivity contribution in [1.82, 2.24) is 9.55 Å². The van der Waals surface area contributed by atoms with Crippen LogP contribution in [0, 0.1) is 5.92 Å².